The molecule has 6 nitrogen and oxygen atoms in total. The zero-order valence-electron chi connectivity index (χ0n) is 15.4. The molecule has 4 rings (SSSR count). The van der Waals surface area contributed by atoms with Crippen LogP contribution < -0.4 is 0 Å². The average molecular weight is 353 g/mol. The summed E-state index contributed by atoms with van der Waals surface area (Å²) in [5.41, 5.74) is 1.76. The first kappa shape index (κ1) is 17.2. The van der Waals surface area contributed by atoms with Gasteiger partial charge in [-0.2, -0.15) is 5.10 Å². The molecule has 0 unspecified atom stereocenters. The van der Waals surface area contributed by atoms with E-state index in [1.165, 1.54) is 18.3 Å². The van der Waals surface area contributed by atoms with Crippen molar-refractivity contribution in [2.75, 3.05) is 32.7 Å². The first-order valence-electron chi connectivity index (χ1n) is 9.61. The maximum absolute atomic E-state index is 12.5. The molecule has 0 aliphatic carbocycles. The lowest BCUT2D eigenvalue weighted by molar-refractivity contribution is 0.0154. The fraction of sp³-hybridized carbons (Fsp3) is 0.550. The van der Waals surface area contributed by atoms with Gasteiger partial charge in [-0.05, 0) is 42.7 Å². The molecular weight excluding hydrogens is 326 g/mol. The number of H-pyrrole nitrogens is 1. The van der Waals surface area contributed by atoms with Crippen LogP contribution in [0.5, 0.6) is 0 Å². The van der Waals surface area contributed by atoms with E-state index in [1.54, 1.807) is 0 Å². The summed E-state index contributed by atoms with van der Waals surface area (Å²) in [4.78, 5) is 21.0. The largest absolute Gasteiger partial charge is 0.336 e. The molecule has 1 amide bonds. The van der Waals surface area contributed by atoms with Crippen molar-refractivity contribution in [3.8, 4) is 0 Å². The molecule has 6 heteroatoms. The van der Waals surface area contributed by atoms with E-state index in [0.29, 0.717) is 17.2 Å². The molecule has 0 radical (unpaired) electrons. The number of aromatic amines is 1. The predicted octanol–water partition coefficient (Wildman–Crippen LogP) is 2.54. The third-order valence-electron chi connectivity index (χ3n) is 6.16. The molecule has 1 aromatic heterocycles. The van der Waals surface area contributed by atoms with Crippen LogP contribution in [0.2, 0.25) is 0 Å². The number of amides is 1. The van der Waals surface area contributed by atoms with E-state index in [0.717, 1.165) is 45.6 Å². The van der Waals surface area contributed by atoms with Gasteiger partial charge in [-0.1, -0.05) is 37.3 Å². The smallest absolute Gasteiger partial charge is 0.291 e. The van der Waals surface area contributed by atoms with Gasteiger partial charge in [0.25, 0.3) is 5.91 Å². The molecule has 1 atom stereocenters. The van der Waals surface area contributed by atoms with Gasteiger partial charge in [-0.3, -0.25) is 9.89 Å². The monoisotopic (exact) mass is 353 g/mol. The SMILES string of the molecule is CCN1C[C@H](c2ccccc2)CC2(CCN(C(=O)c3ncn[nH]3)CC2)C1. The second kappa shape index (κ2) is 7.19. The molecule has 0 bridgehead atoms. The third-order valence-corrected chi connectivity index (χ3v) is 6.16. The van der Waals surface area contributed by atoms with Crippen molar-refractivity contribution in [2.24, 2.45) is 5.41 Å². The highest BCUT2D eigenvalue weighted by molar-refractivity contribution is 5.90. The topological polar surface area (TPSA) is 65.1 Å². The van der Waals surface area contributed by atoms with E-state index in [-0.39, 0.29) is 5.91 Å². The molecule has 26 heavy (non-hydrogen) atoms. The van der Waals surface area contributed by atoms with E-state index < -0.39 is 0 Å². The Morgan fingerprint density at radius 1 is 1.27 bits per heavy atom. The van der Waals surface area contributed by atoms with Gasteiger partial charge in [-0.15, -0.1) is 0 Å². The number of aromatic nitrogens is 3. The summed E-state index contributed by atoms with van der Waals surface area (Å²) >= 11 is 0. The molecule has 1 spiro atoms. The van der Waals surface area contributed by atoms with E-state index in [4.69, 9.17) is 0 Å². The molecule has 2 saturated heterocycles. The minimum absolute atomic E-state index is 0.0277. The Balaban J connectivity index is 1.47. The van der Waals surface area contributed by atoms with Crippen molar-refractivity contribution < 1.29 is 4.79 Å². The fourth-order valence-electron chi connectivity index (χ4n) is 4.70. The maximum atomic E-state index is 12.5. The van der Waals surface area contributed by atoms with Gasteiger partial charge < -0.3 is 9.80 Å². The lowest BCUT2D eigenvalue weighted by atomic mass is 9.68. The highest BCUT2D eigenvalue weighted by atomic mass is 16.2. The summed E-state index contributed by atoms with van der Waals surface area (Å²) < 4.78 is 0. The molecule has 2 aliphatic heterocycles. The Labute approximate surface area is 154 Å². The van der Waals surface area contributed by atoms with Crippen LogP contribution in [-0.4, -0.2) is 63.6 Å². The molecule has 2 aromatic rings. The van der Waals surface area contributed by atoms with E-state index in [1.807, 2.05) is 4.90 Å². The van der Waals surface area contributed by atoms with Crippen molar-refractivity contribution in [3.05, 3.63) is 48.0 Å². The Hall–Kier alpha value is -2.21. The highest BCUT2D eigenvalue weighted by Crippen LogP contribution is 2.45. The van der Waals surface area contributed by atoms with Crippen molar-refractivity contribution in [1.82, 2.24) is 25.0 Å². The second-order valence-corrected chi connectivity index (χ2v) is 7.77. The van der Waals surface area contributed by atoms with Crippen molar-refractivity contribution >= 4 is 5.91 Å². The minimum atomic E-state index is -0.0277. The number of carbonyl (C=O) groups excluding carboxylic acids is 1. The molecule has 2 aliphatic rings. The first-order chi connectivity index (χ1) is 12.7. The van der Waals surface area contributed by atoms with Crippen LogP contribution in [0, 0.1) is 5.41 Å². The Morgan fingerprint density at radius 3 is 2.69 bits per heavy atom. The number of rotatable bonds is 3. The van der Waals surface area contributed by atoms with Crippen LogP contribution >= 0.6 is 0 Å². The Morgan fingerprint density at radius 2 is 2.04 bits per heavy atom. The summed E-state index contributed by atoms with van der Waals surface area (Å²) in [6, 6.07) is 10.9. The fourth-order valence-corrected chi connectivity index (χ4v) is 4.70. The van der Waals surface area contributed by atoms with E-state index in [9.17, 15) is 4.79 Å². The molecule has 0 saturated carbocycles. The number of hydrogen-bond donors (Lipinski definition) is 1. The molecule has 1 aromatic carbocycles. The van der Waals surface area contributed by atoms with Gasteiger partial charge in [0.15, 0.2) is 0 Å². The number of nitrogens with zero attached hydrogens (tertiary/aromatic N) is 4. The normalized spacial score (nSPS) is 23.3. The van der Waals surface area contributed by atoms with Gasteiger partial charge >= 0.3 is 0 Å². The number of nitrogens with one attached hydrogen (secondary N) is 1. The third kappa shape index (κ3) is 3.38. The van der Waals surface area contributed by atoms with E-state index >= 15 is 0 Å². The number of carbonyl (C=O) groups is 1. The quantitative estimate of drug-likeness (QED) is 0.921. The van der Waals surface area contributed by atoms with Crippen molar-refractivity contribution in [3.63, 3.8) is 0 Å². The number of piperidine rings is 2. The minimum Gasteiger partial charge on any atom is -0.336 e. The lowest BCUT2D eigenvalue weighted by Crippen LogP contribution is -2.52. The van der Waals surface area contributed by atoms with Crippen molar-refractivity contribution in [1.29, 1.82) is 0 Å². The van der Waals surface area contributed by atoms with Crippen LogP contribution in [0.4, 0.5) is 0 Å². The molecule has 2 fully saturated rings. The standard InChI is InChI=1S/C20H27N5O/c1-2-24-13-17(16-6-4-3-5-7-16)12-20(14-24)8-10-25(11-9-20)19(26)18-21-15-22-23-18/h3-7,15,17H,2,8-14H2,1H3,(H,21,22,23)/t17-/m1/s1. The van der Waals surface area contributed by atoms with Gasteiger partial charge in [0.1, 0.15) is 6.33 Å². The molecular formula is C20H27N5O. The number of hydrogen-bond acceptors (Lipinski definition) is 4. The summed E-state index contributed by atoms with van der Waals surface area (Å²) in [7, 11) is 0. The van der Waals surface area contributed by atoms with Gasteiger partial charge in [0.2, 0.25) is 5.82 Å². The summed E-state index contributed by atoms with van der Waals surface area (Å²) in [5, 5.41) is 6.49. The summed E-state index contributed by atoms with van der Waals surface area (Å²) in [6.45, 7) is 7.24. The zero-order chi connectivity index (χ0) is 18.0. The predicted molar refractivity (Wildman–Crippen MR) is 99.9 cm³/mol. The highest BCUT2D eigenvalue weighted by Gasteiger charge is 2.42. The average Bonchev–Trinajstić information content (AvgIpc) is 3.23. The second-order valence-electron chi connectivity index (χ2n) is 7.77. The first-order valence-corrected chi connectivity index (χ1v) is 9.61. The number of benzene rings is 1. The van der Waals surface area contributed by atoms with Crippen LogP contribution in [0.1, 0.15) is 48.3 Å². The van der Waals surface area contributed by atoms with Crippen LogP contribution in [-0.2, 0) is 0 Å². The summed E-state index contributed by atoms with van der Waals surface area (Å²) in [5.74, 6) is 0.906. The summed E-state index contributed by atoms with van der Waals surface area (Å²) in [6.07, 6.45) is 4.74. The molecule has 1 N–H and O–H groups in total. The number of likely N-dealkylation sites (tertiary alicyclic amines) is 2. The lowest BCUT2D eigenvalue weighted by Gasteiger charge is -2.50. The van der Waals surface area contributed by atoms with Gasteiger partial charge in [0.05, 0.1) is 0 Å². The maximum Gasteiger partial charge on any atom is 0.291 e. The Bertz CT molecular complexity index is 722. The van der Waals surface area contributed by atoms with Crippen LogP contribution in [0.25, 0.3) is 0 Å². The molecule has 138 valence electrons. The van der Waals surface area contributed by atoms with Crippen LogP contribution in [0.3, 0.4) is 0 Å². The van der Waals surface area contributed by atoms with Gasteiger partial charge in [0, 0.05) is 26.2 Å². The van der Waals surface area contributed by atoms with Gasteiger partial charge in [-0.25, -0.2) is 4.98 Å². The van der Waals surface area contributed by atoms with E-state index in [2.05, 4.69) is 57.3 Å². The zero-order valence-corrected chi connectivity index (χ0v) is 15.4. The van der Waals surface area contributed by atoms with Crippen LogP contribution in [0.15, 0.2) is 36.7 Å². The molecule has 3 heterocycles. The van der Waals surface area contributed by atoms with Crippen molar-refractivity contribution in [2.45, 2.75) is 32.1 Å². The number of likely N-dealkylation sites (N-methyl/N-ethyl adjacent to an activating group) is 1. The Kier molecular flexibility index (Phi) is 4.76.